The normalized spacial score (nSPS) is 11.6. The highest BCUT2D eigenvalue weighted by molar-refractivity contribution is 7.89. The van der Waals surface area contributed by atoms with Gasteiger partial charge in [-0.15, -0.1) is 0 Å². The highest BCUT2D eigenvalue weighted by atomic mass is 32.2. The molecule has 0 amide bonds. The molecular formula is C13H15N3O4S. The summed E-state index contributed by atoms with van der Waals surface area (Å²) < 4.78 is 24.7. The first kappa shape index (κ1) is 15.2. The number of sulfonamides is 1. The fourth-order valence-corrected chi connectivity index (χ4v) is 2.90. The molecule has 2 aromatic rings. The molecular weight excluding hydrogens is 294 g/mol. The van der Waals surface area contributed by atoms with Crippen LogP contribution in [0.2, 0.25) is 0 Å². The molecule has 112 valence electrons. The molecule has 21 heavy (non-hydrogen) atoms. The maximum atomic E-state index is 11.7. The van der Waals surface area contributed by atoms with E-state index in [2.05, 4.69) is 5.10 Å². The van der Waals surface area contributed by atoms with E-state index in [9.17, 15) is 13.2 Å². The summed E-state index contributed by atoms with van der Waals surface area (Å²) in [6, 6.07) is 6.19. The van der Waals surface area contributed by atoms with Gasteiger partial charge in [0, 0.05) is 11.3 Å². The Morgan fingerprint density at radius 3 is 2.52 bits per heavy atom. The van der Waals surface area contributed by atoms with Crippen LogP contribution >= 0.6 is 0 Å². The molecule has 0 bridgehead atoms. The zero-order chi connectivity index (χ0) is 15.8. The summed E-state index contributed by atoms with van der Waals surface area (Å²) in [7, 11) is -3.90. The van der Waals surface area contributed by atoms with E-state index in [-0.39, 0.29) is 11.3 Å². The van der Waals surface area contributed by atoms with Crippen LogP contribution in [0.4, 0.5) is 0 Å². The van der Waals surface area contributed by atoms with Gasteiger partial charge in [0.15, 0.2) is 0 Å². The van der Waals surface area contributed by atoms with Crippen LogP contribution in [0.1, 0.15) is 17.0 Å². The molecule has 0 spiro atoms. The molecule has 0 fully saturated rings. The number of carboxylic acids is 1. The number of hydrogen-bond acceptors (Lipinski definition) is 4. The Bertz CT molecular complexity index is 809. The third-order valence-electron chi connectivity index (χ3n) is 3.17. The Morgan fingerprint density at radius 2 is 1.95 bits per heavy atom. The third-order valence-corrected chi connectivity index (χ3v) is 4.13. The Morgan fingerprint density at radius 1 is 1.33 bits per heavy atom. The standard InChI is InChI=1S/C13H15N3O4S/c1-8-10(7-13(17)18)9(2)16(15-8)11-5-3-4-6-12(11)21(14,19)20/h3-6H,7H2,1-2H3,(H,17,18)(H2,14,19,20). The number of nitrogens with zero attached hydrogens (tertiary/aromatic N) is 2. The van der Waals surface area contributed by atoms with Crippen LogP contribution < -0.4 is 5.14 Å². The van der Waals surface area contributed by atoms with Gasteiger partial charge in [-0.25, -0.2) is 18.2 Å². The van der Waals surface area contributed by atoms with E-state index in [1.54, 1.807) is 32.0 Å². The minimum atomic E-state index is -3.90. The van der Waals surface area contributed by atoms with Crippen molar-refractivity contribution in [1.82, 2.24) is 9.78 Å². The molecule has 8 heteroatoms. The summed E-state index contributed by atoms with van der Waals surface area (Å²) in [5.41, 5.74) is 1.98. The second-order valence-electron chi connectivity index (χ2n) is 4.64. The van der Waals surface area contributed by atoms with Crippen LogP contribution in [0.25, 0.3) is 5.69 Å². The lowest BCUT2D eigenvalue weighted by atomic mass is 10.1. The van der Waals surface area contributed by atoms with Gasteiger partial charge in [0.25, 0.3) is 0 Å². The number of para-hydroxylation sites is 1. The fourth-order valence-electron chi connectivity index (χ4n) is 2.19. The minimum absolute atomic E-state index is 0.0579. The van der Waals surface area contributed by atoms with Gasteiger partial charge in [-0.1, -0.05) is 12.1 Å². The number of benzene rings is 1. The van der Waals surface area contributed by atoms with Gasteiger partial charge in [-0.05, 0) is 26.0 Å². The largest absolute Gasteiger partial charge is 0.481 e. The van der Waals surface area contributed by atoms with Gasteiger partial charge in [0.2, 0.25) is 10.0 Å². The second kappa shape index (κ2) is 5.30. The van der Waals surface area contributed by atoms with E-state index >= 15 is 0 Å². The Labute approximate surface area is 122 Å². The Hall–Kier alpha value is -2.19. The summed E-state index contributed by atoms with van der Waals surface area (Å²) in [6.07, 6.45) is -0.171. The number of hydrogen-bond donors (Lipinski definition) is 2. The van der Waals surface area contributed by atoms with Crippen LogP contribution in [0.3, 0.4) is 0 Å². The molecule has 3 N–H and O–H groups in total. The van der Waals surface area contributed by atoms with E-state index in [0.29, 0.717) is 22.6 Å². The van der Waals surface area contributed by atoms with Crippen molar-refractivity contribution in [3.8, 4) is 5.69 Å². The quantitative estimate of drug-likeness (QED) is 0.865. The molecule has 0 aliphatic heterocycles. The van der Waals surface area contributed by atoms with Crippen LogP contribution in [0.5, 0.6) is 0 Å². The van der Waals surface area contributed by atoms with Crippen LogP contribution in [-0.2, 0) is 21.2 Å². The topological polar surface area (TPSA) is 115 Å². The van der Waals surface area contributed by atoms with E-state index in [1.807, 2.05) is 0 Å². The highest BCUT2D eigenvalue weighted by Gasteiger charge is 2.20. The molecule has 0 atom stereocenters. The van der Waals surface area contributed by atoms with Gasteiger partial charge in [0.1, 0.15) is 4.90 Å². The number of carboxylic acid groups (broad SMARTS) is 1. The van der Waals surface area contributed by atoms with Gasteiger partial charge >= 0.3 is 5.97 Å². The van der Waals surface area contributed by atoms with Gasteiger partial charge in [0.05, 0.1) is 17.8 Å². The average Bonchev–Trinajstić information content (AvgIpc) is 2.65. The molecule has 0 aliphatic rings. The van der Waals surface area contributed by atoms with Crippen LogP contribution in [0.15, 0.2) is 29.2 Å². The zero-order valence-electron chi connectivity index (χ0n) is 11.6. The zero-order valence-corrected chi connectivity index (χ0v) is 12.4. The fraction of sp³-hybridized carbons (Fsp3) is 0.231. The lowest BCUT2D eigenvalue weighted by molar-refractivity contribution is -0.136. The molecule has 7 nitrogen and oxygen atoms in total. The molecule has 1 aromatic heterocycles. The summed E-state index contributed by atoms with van der Waals surface area (Å²) in [4.78, 5) is 10.8. The van der Waals surface area contributed by atoms with Crippen LogP contribution in [0, 0.1) is 13.8 Å². The maximum absolute atomic E-state index is 11.7. The van der Waals surface area contributed by atoms with E-state index < -0.39 is 16.0 Å². The molecule has 0 saturated heterocycles. The lowest BCUT2D eigenvalue weighted by Crippen LogP contribution is -2.16. The van der Waals surface area contributed by atoms with Crippen molar-refractivity contribution in [2.45, 2.75) is 25.2 Å². The van der Waals surface area contributed by atoms with Crippen molar-refractivity contribution in [3.05, 3.63) is 41.2 Å². The van der Waals surface area contributed by atoms with Gasteiger partial charge in [-0.3, -0.25) is 4.79 Å². The predicted octanol–water partition coefficient (Wildman–Crippen LogP) is 0.764. The van der Waals surface area contributed by atoms with Gasteiger partial charge < -0.3 is 5.11 Å². The maximum Gasteiger partial charge on any atom is 0.307 e. The average molecular weight is 309 g/mol. The highest BCUT2D eigenvalue weighted by Crippen LogP contribution is 2.23. The van der Waals surface area contributed by atoms with E-state index in [4.69, 9.17) is 10.2 Å². The minimum Gasteiger partial charge on any atom is -0.481 e. The summed E-state index contributed by atoms with van der Waals surface area (Å²) in [5.74, 6) is -0.972. The van der Waals surface area contributed by atoms with Crippen molar-refractivity contribution in [2.24, 2.45) is 5.14 Å². The monoisotopic (exact) mass is 309 g/mol. The second-order valence-corrected chi connectivity index (χ2v) is 6.17. The molecule has 0 saturated carbocycles. The summed E-state index contributed by atoms with van der Waals surface area (Å²) >= 11 is 0. The smallest absolute Gasteiger partial charge is 0.307 e. The molecule has 1 heterocycles. The predicted molar refractivity (Wildman–Crippen MR) is 75.8 cm³/mol. The molecule has 1 aromatic carbocycles. The van der Waals surface area contributed by atoms with E-state index in [1.165, 1.54) is 10.7 Å². The number of aryl methyl sites for hydroxylation is 1. The van der Waals surface area contributed by atoms with Gasteiger partial charge in [-0.2, -0.15) is 5.10 Å². The third kappa shape index (κ3) is 2.96. The first-order valence-corrected chi connectivity index (χ1v) is 7.65. The van der Waals surface area contributed by atoms with Crippen molar-refractivity contribution in [1.29, 1.82) is 0 Å². The molecule has 0 aliphatic carbocycles. The number of primary sulfonamides is 1. The first-order valence-electron chi connectivity index (χ1n) is 6.11. The summed E-state index contributed by atoms with van der Waals surface area (Å²) in [6.45, 7) is 3.37. The molecule has 2 rings (SSSR count). The van der Waals surface area contributed by atoms with Crippen molar-refractivity contribution < 1.29 is 18.3 Å². The Balaban J connectivity index is 2.67. The summed E-state index contributed by atoms with van der Waals surface area (Å²) in [5, 5.41) is 18.4. The number of aliphatic carboxylic acids is 1. The SMILES string of the molecule is Cc1nn(-c2ccccc2S(N)(=O)=O)c(C)c1CC(=O)O. The van der Waals surface area contributed by atoms with Crippen molar-refractivity contribution in [2.75, 3.05) is 0 Å². The number of rotatable bonds is 4. The lowest BCUT2D eigenvalue weighted by Gasteiger charge is -2.09. The number of aromatic nitrogens is 2. The van der Waals surface area contributed by atoms with Crippen molar-refractivity contribution in [3.63, 3.8) is 0 Å². The van der Waals surface area contributed by atoms with Crippen LogP contribution in [-0.4, -0.2) is 29.3 Å². The Kier molecular flexibility index (Phi) is 3.84. The first-order chi connectivity index (χ1) is 9.71. The number of nitrogens with two attached hydrogens (primary N) is 1. The van der Waals surface area contributed by atoms with E-state index in [0.717, 1.165) is 0 Å². The molecule has 0 unspecified atom stereocenters. The number of carbonyl (C=O) groups is 1. The molecule has 0 radical (unpaired) electrons. The van der Waals surface area contributed by atoms with Crippen molar-refractivity contribution >= 4 is 16.0 Å².